The van der Waals surface area contributed by atoms with E-state index < -0.39 is 3.79 Å². The molecule has 0 radical (unpaired) electrons. The van der Waals surface area contributed by atoms with Gasteiger partial charge in [0.1, 0.15) is 0 Å². The first-order valence-corrected chi connectivity index (χ1v) is 6.77. The largest absolute Gasteiger partial charge is 0.193 e. The molecule has 3 saturated carbocycles. The Balaban J connectivity index is 1.86. The van der Waals surface area contributed by atoms with E-state index in [4.69, 9.17) is 34.8 Å². The van der Waals surface area contributed by atoms with Gasteiger partial charge in [0.25, 0.3) is 0 Å². The maximum Gasteiger partial charge on any atom is 0.193 e. The second-order valence-electron chi connectivity index (χ2n) is 5.30. The number of alkyl halides is 3. The molecule has 3 heteroatoms. The fraction of sp³-hybridized carbons (Fsp3) is 1.00. The molecule has 3 fully saturated rings. The number of fused-ring (bicyclic) bond motifs is 5. The molecular formula is C11H15Cl3. The van der Waals surface area contributed by atoms with Crippen molar-refractivity contribution < 1.29 is 0 Å². The predicted molar refractivity (Wildman–Crippen MR) is 60.8 cm³/mol. The molecule has 80 valence electrons. The highest BCUT2D eigenvalue weighted by Crippen LogP contribution is 2.64. The molecular weight excluding hydrogens is 238 g/mol. The molecule has 0 amide bonds. The van der Waals surface area contributed by atoms with Crippen molar-refractivity contribution in [3.63, 3.8) is 0 Å². The minimum Gasteiger partial charge on any atom is -0.0834 e. The number of rotatable bonds is 0. The van der Waals surface area contributed by atoms with Crippen LogP contribution in [0.4, 0.5) is 0 Å². The minimum atomic E-state index is -1.01. The maximum absolute atomic E-state index is 6.07. The Bertz CT molecular complexity index is 245. The lowest BCUT2D eigenvalue weighted by Gasteiger charge is -2.32. The first-order chi connectivity index (χ1) is 6.57. The summed E-state index contributed by atoms with van der Waals surface area (Å²) >= 11 is 18.2. The molecule has 0 aromatic rings. The summed E-state index contributed by atoms with van der Waals surface area (Å²) in [4.78, 5) is 0. The highest BCUT2D eigenvalue weighted by atomic mass is 35.6. The summed E-state index contributed by atoms with van der Waals surface area (Å²) in [5, 5.41) is 0. The maximum atomic E-state index is 6.07. The van der Waals surface area contributed by atoms with Gasteiger partial charge >= 0.3 is 0 Å². The summed E-state index contributed by atoms with van der Waals surface area (Å²) < 4.78 is -1.01. The molecule has 0 N–H and O–H groups in total. The molecule has 0 heterocycles. The van der Waals surface area contributed by atoms with Crippen molar-refractivity contribution in [2.24, 2.45) is 29.6 Å². The van der Waals surface area contributed by atoms with Gasteiger partial charge < -0.3 is 0 Å². The van der Waals surface area contributed by atoms with Crippen molar-refractivity contribution in [1.82, 2.24) is 0 Å². The van der Waals surface area contributed by atoms with E-state index in [-0.39, 0.29) is 0 Å². The van der Waals surface area contributed by atoms with Crippen LogP contribution in [0, 0.1) is 29.6 Å². The van der Waals surface area contributed by atoms with Crippen molar-refractivity contribution in [2.45, 2.75) is 35.9 Å². The van der Waals surface area contributed by atoms with Crippen molar-refractivity contribution in [3.05, 3.63) is 0 Å². The Hall–Kier alpha value is 0.870. The van der Waals surface area contributed by atoms with Crippen molar-refractivity contribution >= 4 is 34.8 Å². The summed E-state index contributed by atoms with van der Waals surface area (Å²) in [6.45, 7) is 0. The van der Waals surface area contributed by atoms with E-state index in [1.165, 1.54) is 25.7 Å². The van der Waals surface area contributed by atoms with E-state index in [1.54, 1.807) is 0 Å². The molecule has 5 unspecified atom stereocenters. The standard InChI is InChI=1S/C11H15Cl3/c12-11(13,14)9-4-3-8-6-1-2-7(5-6)10(8)9/h6-10H,1-5H2. The summed E-state index contributed by atoms with van der Waals surface area (Å²) in [6.07, 6.45) is 6.71. The number of hydrogen-bond donors (Lipinski definition) is 0. The van der Waals surface area contributed by atoms with E-state index in [1.807, 2.05) is 0 Å². The zero-order valence-electron chi connectivity index (χ0n) is 8.06. The van der Waals surface area contributed by atoms with Gasteiger partial charge in [-0.25, -0.2) is 0 Å². The quantitative estimate of drug-likeness (QED) is 0.560. The molecule has 0 nitrogen and oxygen atoms in total. The first-order valence-electron chi connectivity index (χ1n) is 5.64. The molecule has 0 spiro atoms. The minimum absolute atomic E-state index is 0.341. The van der Waals surface area contributed by atoms with E-state index in [9.17, 15) is 0 Å². The third-order valence-corrected chi connectivity index (χ3v) is 5.69. The van der Waals surface area contributed by atoms with Crippen molar-refractivity contribution in [1.29, 1.82) is 0 Å². The van der Waals surface area contributed by atoms with Gasteiger partial charge in [-0.2, -0.15) is 0 Å². The second-order valence-corrected chi connectivity index (χ2v) is 7.67. The van der Waals surface area contributed by atoms with Gasteiger partial charge in [0.15, 0.2) is 3.79 Å². The zero-order valence-corrected chi connectivity index (χ0v) is 10.3. The lowest BCUT2D eigenvalue weighted by molar-refractivity contribution is 0.213. The fourth-order valence-corrected chi connectivity index (χ4v) is 5.22. The number of halogens is 3. The summed E-state index contributed by atoms with van der Waals surface area (Å²) in [5.41, 5.74) is 0. The third kappa shape index (κ3) is 1.33. The van der Waals surface area contributed by atoms with Gasteiger partial charge in [-0.15, -0.1) is 0 Å². The SMILES string of the molecule is ClC(Cl)(Cl)C1CCC2C3CCC(C3)C21. The van der Waals surface area contributed by atoms with E-state index in [2.05, 4.69) is 0 Å². The molecule has 0 saturated heterocycles. The van der Waals surface area contributed by atoms with Crippen molar-refractivity contribution in [2.75, 3.05) is 0 Å². The van der Waals surface area contributed by atoms with Gasteiger partial charge in [0.2, 0.25) is 0 Å². The van der Waals surface area contributed by atoms with Crippen LogP contribution in [0.15, 0.2) is 0 Å². The zero-order chi connectivity index (χ0) is 9.92. The van der Waals surface area contributed by atoms with Crippen LogP contribution in [0.1, 0.15) is 32.1 Å². The molecule has 0 aromatic heterocycles. The van der Waals surface area contributed by atoms with Crippen LogP contribution in [-0.4, -0.2) is 3.79 Å². The topological polar surface area (TPSA) is 0 Å². The average Bonchev–Trinajstić information content (AvgIpc) is 2.74. The highest BCUT2D eigenvalue weighted by molar-refractivity contribution is 6.67. The van der Waals surface area contributed by atoms with Gasteiger partial charge in [0, 0.05) is 5.92 Å². The van der Waals surface area contributed by atoms with Gasteiger partial charge in [-0.3, -0.25) is 0 Å². The van der Waals surface area contributed by atoms with E-state index >= 15 is 0 Å². The molecule has 14 heavy (non-hydrogen) atoms. The van der Waals surface area contributed by atoms with Crippen LogP contribution in [0.25, 0.3) is 0 Å². The Morgan fingerprint density at radius 3 is 2.29 bits per heavy atom. The molecule has 3 aliphatic carbocycles. The van der Waals surface area contributed by atoms with Crippen LogP contribution in [0.5, 0.6) is 0 Å². The Kier molecular flexibility index (Phi) is 2.28. The Labute approximate surface area is 100 Å². The summed E-state index contributed by atoms with van der Waals surface area (Å²) in [5.74, 6) is 3.83. The predicted octanol–water partition coefficient (Wildman–Crippen LogP) is 4.43. The van der Waals surface area contributed by atoms with Gasteiger partial charge in [-0.05, 0) is 55.8 Å². The molecule has 3 rings (SSSR count). The normalized spacial score (nSPS) is 51.2. The van der Waals surface area contributed by atoms with Crippen LogP contribution in [-0.2, 0) is 0 Å². The van der Waals surface area contributed by atoms with Gasteiger partial charge in [0.05, 0.1) is 0 Å². The third-order valence-electron chi connectivity index (χ3n) is 4.85. The summed E-state index contributed by atoms with van der Waals surface area (Å²) in [7, 11) is 0. The van der Waals surface area contributed by atoms with Crippen LogP contribution < -0.4 is 0 Å². The van der Waals surface area contributed by atoms with Crippen molar-refractivity contribution in [3.8, 4) is 0 Å². The second kappa shape index (κ2) is 3.18. The molecule has 2 bridgehead atoms. The molecule has 0 aromatic carbocycles. The van der Waals surface area contributed by atoms with Gasteiger partial charge in [-0.1, -0.05) is 34.8 Å². The Morgan fingerprint density at radius 2 is 1.57 bits per heavy atom. The van der Waals surface area contributed by atoms with E-state index in [0.717, 1.165) is 30.1 Å². The summed E-state index contributed by atoms with van der Waals surface area (Å²) in [6, 6.07) is 0. The van der Waals surface area contributed by atoms with Crippen LogP contribution in [0.3, 0.4) is 0 Å². The Morgan fingerprint density at radius 1 is 0.857 bits per heavy atom. The first kappa shape index (κ1) is 10.1. The molecule has 3 aliphatic rings. The fourth-order valence-electron chi connectivity index (χ4n) is 4.46. The van der Waals surface area contributed by atoms with Crippen LogP contribution >= 0.6 is 34.8 Å². The number of hydrogen-bond acceptors (Lipinski definition) is 0. The highest BCUT2D eigenvalue weighted by Gasteiger charge is 2.57. The van der Waals surface area contributed by atoms with Crippen LogP contribution in [0.2, 0.25) is 0 Å². The molecule has 5 atom stereocenters. The lowest BCUT2D eigenvalue weighted by Crippen LogP contribution is -2.29. The smallest absolute Gasteiger partial charge is 0.0834 e. The van der Waals surface area contributed by atoms with E-state index in [0.29, 0.717) is 5.92 Å². The monoisotopic (exact) mass is 252 g/mol. The average molecular weight is 254 g/mol. The lowest BCUT2D eigenvalue weighted by atomic mass is 9.78. The molecule has 0 aliphatic heterocycles.